The average Bonchev–Trinajstić information content (AvgIpc) is 2.46. The molecule has 6 heteroatoms. The van der Waals surface area contributed by atoms with Crippen LogP contribution >= 0.6 is 0 Å². The molecule has 0 aliphatic rings. The zero-order valence-electron chi connectivity index (χ0n) is 10.5. The Kier molecular flexibility index (Phi) is 4.17. The van der Waals surface area contributed by atoms with E-state index in [1.165, 1.54) is 24.3 Å². The van der Waals surface area contributed by atoms with Gasteiger partial charge >= 0.3 is 5.69 Å². The van der Waals surface area contributed by atoms with E-state index >= 15 is 0 Å². The number of nitro benzene ring substituents is 1. The van der Waals surface area contributed by atoms with Crippen LogP contribution < -0.4 is 4.74 Å². The van der Waals surface area contributed by atoms with E-state index in [4.69, 9.17) is 14.9 Å². The molecule has 2 N–H and O–H groups in total. The number of phenolic OH excluding ortho intramolecular Hbond substituents is 1. The van der Waals surface area contributed by atoms with Crippen LogP contribution in [0.4, 0.5) is 5.69 Å². The molecule has 0 aliphatic carbocycles. The Morgan fingerprint density at radius 2 is 1.75 bits per heavy atom. The van der Waals surface area contributed by atoms with E-state index in [0.717, 1.165) is 5.56 Å². The Morgan fingerprint density at radius 3 is 2.35 bits per heavy atom. The van der Waals surface area contributed by atoms with Crippen molar-refractivity contribution in [3.63, 3.8) is 0 Å². The second-order valence-corrected chi connectivity index (χ2v) is 4.17. The van der Waals surface area contributed by atoms with Crippen molar-refractivity contribution in [2.75, 3.05) is 0 Å². The smallest absolute Gasteiger partial charge is 0.311 e. The fraction of sp³-hybridized carbons (Fsp3) is 0.143. The highest BCUT2D eigenvalue weighted by atomic mass is 16.6. The van der Waals surface area contributed by atoms with Gasteiger partial charge in [0.25, 0.3) is 0 Å². The number of hydrogen-bond acceptors (Lipinski definition) is 5. The maximum Gasteiger partial charge on any atom is 0.311 e. The van der Waals surface area contributed by atoms with Crippen molar-refractivity contribution in [1.29, 1.82) is 0 Å². The molecule has 6 nitrogen and oxygen atoms in total. The van der Waals surface area contributed by atoms with E-state index in [2.05, 4.69) is 0 Å². The second kappa shape index (κ2) is 6.03. The summed E-state index contributed by atoms with van der Waals surface area (Å²) < 4.78 is 5.42. The number of aliphatic hydroxyl groups excluding tert-OH is 1. The van der Waals surface area contributed by atoms with Crippen LogP contribution in [0, 0.1) is 10.1 Å². The molecule has 2 aromatic rings. The van der Waals surface area contributed by atoms with Crippen LogP contribution in [0.1, 0.15) is 11.1 Å². The molecular weight excluding hydrogens is 262 g/mol. The molecule has 2 rings (SSSR count). The Hall–Kier alpha value is -2.60. The predicted molar refractivity (Wildman–Crippen MR) is 71.5 cm³/mol. The molecule has 2 aromatic carbocycles. The van der Waals surface area contributed by atoms with E-state index in [1.807, 2.05) is 0 Å². The molecule has 0 unspecified atom stereocenters. The van der Waals surface area contributed by atoms with Gasteiger partial charge < -0.3 is 14.9 Å². The van der Waals surface area contributed by atoms with E-state index in [-0.39, 0.29) is 30.4 Å². The number of aromatic hydroxyl groups is 1. The van der Waals surface area contributed by atoms with Crippen molar-refractivity contribution < 1.29 is 19.9 Å². The first-order valence-corrected chi connectivity index (χ1v) is 5.89. The molecule has 0 fully saturated rings. The molecule has 20 heavy (non-hydrogen) atoms. The Bertz CT molecular complexity index is 609. The largest absolute Gasteiger partial charge is 0.508 e. The van der Waals surface area contributed by atoms with E-state index < -0.39 is 4.92 Å². The second-order valence-electron chi connectivity index (χ2n) is 4.17. The quantitative estimate of drug-likeness (QED) is 0.645. The van der Waals surface area contributed by atoms with E-state index in [0.29, 0.717) is 5.56 Å². The first kappa shape index (κ1) is 13.8. The Morgan fingerprint density at radius 1 is 1.10 bits per heavy atom. The number of nitro groups is 1. The molecule has 0 radical (unpaired) electrons. The molecular formula is C14H13NO5. The molecule has 0 saturated carbocycles. The van der Waals surface area contributed by atoms with E-state index in [1.54, 1.807) is 18.2 Å². The highest BCUT2D eigenvalue weighted by Crippen LogP contribution is 2.28. The number of hydrogen-bond donors (Lipinski definition) is 2. The lowest BCUT2D eigenvalue weighted by Gasteiger charge is -2.08. The molecule has 0 atom stereocenters. The van der Waals surface area contributed by atoms with Crippen molar-refractivity contribution in [2.24, 2.45) is 0 Å². The fourth-order valence-corrected chi connectivity index (χ4v) is 1.68. The summed E-state index contributed by atoms with van der Waals surface area (Å²) in [6.07, 6.45) is 0. The first-order chi connectivity index (χ1) is 9.60. The maximum absolute atomic E-state index is 11.0. The van der Waals surface area contributed by atoms with E-state index in [9.17, 15) is 10.1 Å². The lowest BCUT2D eigenvalue weighted by Crippen LogP contribution is -2.00. The summed E-state index contributed by atoms with van der Waals surface area (Å²) in [4.78, 5) is 10.4. The summed E-state index contributed by atoms with van der Waals surface area (Å²) in [5.74, 6) is 0.285. The van der Waals surface area contributed by atoms with Crippen LogP contribution in [0.5, 0.6) is 11.5 Å². The molecule has 0 amide bonds. The molecule has 104 valence electrons. The van der Waals surface area contributed by atoms with Gasteiger partial charge in [0, 0.05) is 6.07 Å². The van der Waals surface area contributed by atoms with Crippen LogP contribution in [-0.4, -0.2) is 15.1 Å². The average molecular weight is 275 g/mol. The minimum atomic E-state index is -0.550. The predicted octanol–water partition coefficient (Wildman–Crippen LogP) is 2.37. The van der Waals surface area contributed by atoms with Crippen LogP contribution in [0.3, 0.4) is 0 Å². The lowest BCUT2D eigenvalue weighted by molar-refractivity contribution is -0.386. The van der Waals surface area contributed by atoms with Gasteiger partial charge in [0.15, 0.2) is 5.75 Å². The molecule has 0 spiro atoms. The lowest BCUT2D eigenvalue weighted by atomic mass is 10.2. The van der Waals surface area contributed by atoms with Gasteiger partial charge in [0.05, 0.1) is 11.5 Å². The van der Waals surface area contributed by atoms with Crippen molar-refractivity contribution in [2.45, 2.75) is 13.2 Å². The summed E-state index contributed by atoms with van der Waals surface area (Å²) in [5.41, 5.74) is 1.05. The molecule has 0 aromatic heterocycles. The monoisotopic (exact) mass is 275 g/mol. The summed E-state index contributed by atoms with van der Waals surface area (Å²) in [7, 11) is 0. The summed E-state index contributed by atoms with van der Waals surface area (Å²) in [5, 5.41) is 29.1. The molecule has 0 bridgehead atoms. The first-order valence-electron chi connectivity index (χ1n) is 5.89. The van der Waals surface area contributed by atoms with Gasteiger partial charge in [-0.1, -0.05) is 18.2 Å². The topological polar surface area (TPSA) is 92.8 Å². The van der Waals surface area contributed by atoms with Gasteiger partial charge in [-0.25, -0.2) is 0 Å². The SMILES string of the molecule is O=[N+]([O-])c1cc(CO)ccc1OCc1ccc(O)cc1. The van der Waals surface area contributed by atoms with Crippen LogP contribution in [0.25, 0.3) is 0 Å². The summed E-state index contributed by atoms with van der Waals surface area (Å²) in [6, 6.07) is 10.7. The molecule has 0 aliphatic heterocycles. The third kappa shape index (κ3) is 3.24. The van der Waals surface area contributed by atoms with Gasteiger partial charge in [0.1, 0.15) is 12.4 Å². The third-order valence-electron chi connectivity index (χ3n) is 2.73. The highest BCUT2D eigenvalue weighted by molar-refractivity contribution is 5.48. The maximum atomic E-state index is 11.0. The van der Waals surface area contributed by atoms with Gasteiger partial charge in [-0.3, -0.25) is 10.1 Å². The van der Waals surface area contributed by atoms with Crippen LogP contribution in [-0.2, 0) is 13.2 Å². The van der Waals surface area contributed by atoms with Crippen LogP contribution in [0.2, 0.25) is 0 Å². The van der Waals surface area contributed by atoms with Gasteiger partial charge in [-0.15, -0.1) is 0 Å². The molecule has 0 saturated heterocycles. The fourth-order valence-electron chi connectivity index (χ4n) is 1.68. The van der Waals surface area contributed by atoms with Gasteiger partial charge in [-0.05, 0) is 29.3 Å². The van der Waals surface area contributed by atoms with Crippen molar-refractivity contribution in [3.8, 4) is 11.5 Å². The Labute approximate surface area is 115 Å². The number of phenols is 1. The molecule has 0 heterocycles. The number of benzene rings is 2. The zero-order chi connectivity index (χ0) is 14.5. The number of rotatable bonds is 5. The van der Waals surface area contributed by atoms with Crippen molar-refractivity contribution in [1.82, 2.24) is 0 Å². The highest BCUT2D eigenvalue weighted by Gasteiger charge is 2.15. The summed E-state index contributed by atoms with van der Waals surface area (Å²) >= 11 is 0. The number of nitrogens with zero attached hydrogens (tertiary/aromatic N) is 1. The van der Waals surface area contributed by atoms with Gasteiger partial charge in [-0.2, -0.15) is 0 Å². The van der Waals surface area contributed by atoms with Crippen molar-refractivity contribution >= 4 is 5.69 Å². The number of aliphatic hydroxyl groups is 1. The van der Waals surface area contributed by atoms with Crippen molar-refractivity contribution in [3.05, 3.63) is 63.7 Å². The zero-order valence-corrected chi connectivity index (χ0v) is 10.5. The van der Waals surface area contributed by atoms with Gasteiger partial charge in [0.2, 0.25) is 0 Å². The minimum absolute atomic E-state index is 0.139. The van der Waals surface area contributed by atoms with Crippen LogP contribution in [0.15, 0.2) is 42.5 Å². The normalized spacial score (nSPS) is 10.2. The Balaban J connectivity index is 2.16. The standard InChI is InChI=1S/C14H13NO5/c16-8-11-3-6-14(13(7-11)15(18)19)20-9-10-1-4-12(17)5-2-10/h1-7,16-17H,8-9H2. The third-order valence-corrected chi connectivity index (χ3v) is 2.73. The summed E-state index contributed by atoms with van der Waals surface area (Å²) in [6.45, 7) is -0.112. The minimum Gasteiger partial charge on any atom is -0.508 e. The number of ether oxygens (including phenoxy) is 1.